The van der Waals surface area contributed by atoms with Crippen LogP contribution >= 0.6 is 45.9 Å². The quantitative estimate of drug-likeness (QED) is 0.125. The Kier molecular flexibility index (Phi) is 10.6. The topological polar surface area (TPSA) is 119 Å². The van der Waals surface area contributed by atoms with Gasteiger partial charge in [0.2, 0.25) is 0 Å². The number of carbonyl (C=O) groups excluding carboxylic acids is 3. The molecular formula is C29H24Cl2N2O7S3. The van der Waals surface area contributed by atoms with Gasteiger partial charge in [0, 0.05) is 20.8 Å². The van der Waals surface area contributed by atoms with Crippen molar-refractivity contribution in [1.82, 2.24) is 0 Å². The predicted octanol–water partition coefficient (Wildman–Crippen LogP) is 7.14. The van der Waals surface area contributed by atoms with Gasteiger partial charge < -0.3 is 14.8 Å². The highest BCUT2D eigenvalue weighted by molar-refractivity contribution is 7.92. The summed E-state index contributed by atoms with van der Waals surface area (Å²) in [5.41, 5.74) is 0.880. The average molecular weight is 680 g/mol. The fourth-order valence-corrected chi connectivity index (χ4v) is 7.43. The molecule has 0 aliphatic heterocycles. The fraction of sp³-hybridized carbons (Fsp3) is 0.138. The molecule has 224 valence electrons. The Balaban J connectivity index is 1.51. The van der Waals surface area contributed by atoms with Gasteiger partial charge in [-0.3, -0.25) is 9.10 Å². The van der Waals surface area contributed by atoms with E-state index in [4.69, 9.17) is 32.7 Å². The molecule has 14 heteroatoms. The molecule has 4 rings (SSSR count). The lowest BCUT2D eigenvalue weighted by Gasteiger charge is -2.23. The second kappa shape index (κ2) is 14.2. The second-order valence-corrected chi connectivity index (χ2v) is 13.2. The zero-order chi connectivity index (χ0) is 31.1. The molecule has 0 fully saturated rings. The van der Waals surface area contributed by atoms with E-state index in [0.29, 0.717) is 16.3 Å². The summed E-state index contributed by atoms with van der Waals surface area (Å²) in [6.07, 6.45) is 1.42. The number of hydrogen-bond donors (Lipinski definition) is 1. The van der Waals surface area contributed by atoms with E-state index in [1.54, 1.807) is 24.4 Å². The molecule has 0 saturated heterocycles. The standard InChI is InChI=1S/C29H24Cl2N2O7S3/c1-3-13-33(19-9-7-18(30)8-10-19)43(37,38)20-11-12-23(31)21(15-20)28(35)40-16-25(34)32-27-26(29(36)39-4-2)22(17-42-27)24-6-5-14-41-24/h3,5-12,14-15,17H,1,4,13,16H2,2H3,(H,32,34). The number of halogens is 2. The Labute approximate surface area is 266 Å². The number of thiophene rings is 2. The number of nitrogens with zero attached hydrogens (tertiary/aromatic N) is 1. The summed E-state index contributed by atoms with van der Waals surface area (Å²) in [5, 5.41) is 6.77. The van der Waals surface area contributed by atoms with Crippen LogP contribution in [0.3, 0.4) is 0 Å². The van der Waals surface area contributed by atoms with Gasteiger partial charge in [-0.15, -0.1) is 29.3 Å². The minimum absolute atomic E-state index is 0.0583. The molecular weight excluding hydrogens is 655 g/mol. The molecule has 9 nitrogen and oxygen atoms in total. The number of nitrogens with one attached hydrogen (secondary N) is 1. The number of ether oxygens (including phenoxy) is 2. The van der Waals surface area contributed by atoms with Gasteiger partial charge in [-0.1, -0.05) is 35.3 Å². The molecule has 0 spiro atoms. The van der Waals surface area contributed by atoms with Crippen LogP contribution in [-0.2, 0) is 24.3 Å². The van der Waals surface area contributed by atoms with Crippen molar-refractivity contribution in [1.29, 1.82) is 0 Å². The van der Waals surface area contributed by atoms with Crippen LogP contribution in [0.2, 0.25) is 10.0 Å². The molecule has 2 aromatic carbocycles. The Morgan fingerprint density at radius 1 is 1.02 bits per heavy atom. The van der Waals surface area contributed by atoms with Gasteiger partial charge in [-0.2, -0.15) is 0 Å². The smallest absolute Gasteiger partial charge is 0.341 e. The van der Waals surface area contributed by atoms with Crippen LogP contribution in [0.1, 0.15) is 27.6 Å². The summed E-state index contributed by atoms with van der Waals surface area (Å²) >= 11 is 14.7. The monoisotopic (exact) mass is 678 g/mol. The fourth-order valence-electron chi connectivity index (χ4n) is 3.86. The van der Waals surface area contributed by atoms with Crippen molar-refractivity contribution in [3.8, 4) is 10.4 Å². The van der Waals surface area contributed by atoms with Crippen LogP contribution in [0.25, 0.3) is 10.4 Å². The van der Waals surface area contributed by atoms with Gasteiger partial charge >= 0.3 is 11.9 Å². The maximum atomic E-state index is 13.5. The summed E-state index contributed by atoms with van der Waals surface area (Å²) < 4.78 is 38.5. The lowest BCUT2D eigenvalue weighted by Crippen LogP contribution is -2.31. The first-order valence-corrected chi connectivity index (χ1v) is 16.5. The van der Waals surface area contributed by atoms with Crippen molar-refractivity contribution in [3.05, 3.63) is 99.2 Å². The van der Waals surface area contributed by atoms with E-state index in [-0.39, 0.29) is 39.2 Å². The van der Waals surface area contributed by atoms with Crippen LogP contribution in [0.15, 0.2) is 82.9 Å². The SMILES string of the molecule is C=CCN(c1ccc(Cl)cc1)S(=O)(=O)c1ccc(Cl)c(C(=O)OCC(=O)Nc2scc(-c3cccs3)c2C(=O)OCC)c1. The largest absolute Gasteiger partial charge is 0.462 e. The Bertz CT molecular complexity index is 1750. The van der Waals surface area contributed by atoms with Crippen LogP contribution in [0, 0.1) is 0 Å². The summed E-state index contributed by atoms with van der Waals surface area (Å²) in [5.74, 6) is -2.35. The van der Waals surface area contributed by atoms with Crippen LogP contribution in [0.4, 0.5) is 10.7 Å². The number of anilines is 2. The Morgan fingerprint density at radius 2 is 1.77 bits per heavy atom. The van der Waals surface area contributed by atoms with E-state index in [0.717, 1.165) is 26.6 Å². The van der Waals surface area contributed by atoms with E-state index >= 15 is 0 Å². The molecule has 1 amide bonds. The molecule has 0 radical (unpaired) electrons. The van der Waals surface area contributed by atoms with Gasteiger partial charge in [0.25, 0.3) is 15.9 Å². The van der Waals surface area contributed by atoms with Crippen molar-refractivity contribution in [2.75, 3.05) is 29.4 Å². The van der Waals surface area contributed by atoms with Gasteiger partial charge in [0.1, 0.15) is 10.6 Å². The number of hydrogen-bond acceptors (Lipinski definition) is 9. The molecule has 2 heterocycles. The van der Waals surface area contributed by atoms with Crippen molar-refractivity contribution >= 4 is 84.4 Å². The number of sulfonamides is 1. The van der Waals surface area contributed by atoms with E-state index in [1.165, 1.54) is 41.7 Å². The summed E-state index contributed by atoms with van der Waals surface area (Å²) in [6, 6.07) is 13.4. The van der Waals surface area contributed by atoms with Crippen molar-refractivity contribution in [2.24, 2.45) is 0 Å². The number of rotatable bonds is 12. The lowest BCUT2D eigenvalue weighted by molar-refractivity contribution is -0.119. The third-order valence-corrected chi connectivity index (χ3v) is 9.97. The normalized spacial score (nSPS) is 11.0. The van der Waals surface area contributed by atoms with Gasteiger partial charge in [-0.05, 0) is 60.8 Å². The second-order valence-electron chi connectivity index (χ2n) is 8.62. The molecule has 0 aliphatic carbocycles. The summed E-state index contributed by atoms with van der Waals surface area (Å²) in [6.45, 7) is 4.66. The minimum Gasteiger partial charge on any atom is -0.462 e. The van der Waals surface area contributed by atoms with Gasteiger partial charge in [0.15, 0.2) is 6.61 Å². The van der Waals surface area contributed by atoms with E-state index in [1.807, 2.05) is 17.5 Å². The minimum atomic E-state index is -4.18. The molecule has 0 bridgehead atoms. The van der Waals surface area contributed by atoms with E-state index < -0.39 is 34.5 Å². The highest BCUT2D eigenvalue weighted by Crippen LogP contribution is 2.38. The zero-order valence-corrected chi connectivity index (χ0v) is 26.5. The Morgan fingerprint density at radius 3 is 2.42 bits per heavy atom. The molecule has 0 unspecified atom stereocenters. The van der Waals surface area contributed by atoms with Crippen LogP contribution in [0.5, 0.6) is 0 Å². The molecule has 43 heavy (non-hydrogen) atoms. The average Bonchev–Trinajstić information content (AvgIpc) is 3.66. The van der Waals surface area contributed by atoms with Crippen LogP contribution < -0.4 is 9.62 Å². The molecule has 1 N–H and O–H groups in total. The maximum Gasteiger partial charge on any atom is 0.341 e. The van der Waals surface area contributed by atoms with Crippen molar-refractivity contribution in [3.63, 3.8) is 0 Å². The summed E-state index contributed by atoms with van der Waals surface area (Å²) in [4.78, 5) is 39.0. The number of carbonyl (C=O) groups is 3. The third kappa shape index (κ3) is 7.46. The first kappa shape index (κ1) is 32.2. The Hall–Kier alpha value is -3.68. The maximum absolute atomic E-state index is 13.5. The van der Waals surface area contributed by atoms with E-state index in [2.05, 4.69) is 11.9 Å². The zero-order valence-electron chi connectivity index (χ0n) is 22.5. The molecule has 2 aromatic heterocycles. The molecule has 0 saturated carbocycles. The van der Waals surface area contributed by atoms with Crippen molar-refractivity contribution < 1.29 is 32.3 Å². The number of esters is 2. The lowest BCUT2D eigenvalue weighted by atomic mass is 10.1. The highest BCUT2D eigenvalue weighted by atomic mass is 35.5. The predicted molar refractivity (Wildman–Crippen MR) is 170 cm³/mol. The molecule has 4 aromatic rings. The van der Waals surface area contributed by atoms with E-state index in [9.17, 15) is 22.8 Å². The van der Waals surface area contributed by atoms with Crippen molar-refractivity contribution in [2.45, 2.75) is 11.8 Å². The molecule has 0 atom stereocenters. The van der Waals surface area contributed by atoms with Gasteiger partial charge in [0.05, 0.1) is 34.3 Å². The first-order chi connectivity index (χ1) is 20.6. The van der Waals surface area contributed by atoms with Gasteiger partial charge in [-0.25, -0.2) is 18.0 Å². The first-order valence-electron chi connectivity index (χ1n) is 12.5. The molecule has 0 aliphatic rings. The number of benzene rings is 2. The number of amides is 1. The van der Waals surface area contributed by atoms with Crippen LogP contribution in [-0.4, -0.2) is 46.0 Å². The highest BCUT2D eigenvalue weighted by Gasteiger charge is 2.27. The summed E-state index contributed by atoms with van der Waals surface area (Å²) in [7, 11) is -4.18. The third-order valence-electron chi connectivity index (χ3n) is 5.80.